The van der Waals surface area contributed by atoms with Crippen molar-refractivity contribution in [1.82, 2.24) is 20.9 Å². The Morgan fingerprint density at radius 2 is 2.06 bits per heavy atom. The number of amides is 3. The largest absolute Gasteiger partial charge is 0.340 e. The van der Waals surface area contributed by atoms with Crippen LogP contribution in [0.2, 0.25) is 0 Å². The quantitative estimate of drug-likeness (QED) is 0.394. The van der Waals surface area contributed by atoms with Crippen LogP contribution >= 0.6 is 0 Å². The zero-order valence-corrected chi connectivity index (χ0v) is 18.1. The molecule has 3 heterocycles. The summed E-state index contributed by atoms with van der Waals surface area (Å²) in [6.07, 6.45) is 1.02. The zero-order valence-electron chi connectivity index (χ0n) is 18.1. The molecule has 5 atom stereocenters. The van der Waals surface area contributed by atoms with Crippen LogP contribution in [0.25, 0.3) is 0 Å². The maximum atomic E-state index is 13.1. The minimum atomic E-state index is -0.864. The Balaban J connectivity index is 1.49. The normalized spacial score (nSPS) is 30.6. The average Bonchev–Trinajstić information content (AvgIpc) is 2.74. The summed E-state index contributed by atoms with van der Waals surface area (Å²) in [7, 11) is 0. The summed E-state index contributed by atoms with van der Waals surface area (Å²) >= 11 is 0. The molecule has 3 amide bonds. The number of hydrogen-bond donors (Lipinski definition) is 4. The van der Waals surface area contributed by atoms with Crippen molar-refractivity contribution in [3.63, 3.8) is 0 Å². The first-order valence-corrected chi connectivity index (χ1v) is 10.9. The first-order valence-electron chi connectivity index (χ1n) is 10.9. The summed E-state index contributed by atoms with van der Waals surface area (Å²) in [6, 6.07) is 4.13. The number of likely N-dealkylation sites (tertiary alicyclic amines) is 1. The second kappa shape index (κ2) is 8.83. The van der Waals surface area contributed by atoms with Gasteiger partial charge in [-0.1, -0.05) is 6.92 Å². The topological polar surface area (TPSA) is 146 Å². The van der Waals surface area contributed by atoms with Crippen LogP contribution in [0.5, 0.6) is 0 Å². The van der Waals surface area contributed by atoms with Gasteiger partial charge in [0, 0.05) is 37.3 Å². The number of nitro benzene ring substituents is 1. The Labute approximate surface area is 185 Å². The number of benzene rings is 1. The molecular weight excluding hydrogens is 416 g/mol. The molecule has 0 saturated carbocycles. The lowest BCUT2D eigenvalue weighted by Gasteiger charge is -2.47. The monoisotopic (exact) mass is 444 g/mol. The lowest BCUT2D eigenvalue weighted by atomic mass is 9.81. The predicted octanol–water partition coefficient (Wildman–Crippen LogP) is 0.655. The third-order valence-electron chi connectivity index (χ3n) is 6.50. The Kier molecular flexibility index (Phi) is 6.11. The fourth-order valence-corrected chi connectivity index (χ4v) is 4.84. The molecular formula is C21H28N6O5. The van der Waals surface area contributed by atoms with Crippen LogP contribution < -0.4 is 21.3 Å². The average molecular weight is 444 g/mol. The fourth-order valence-electron chi connectivity index (χ4n) is 4.84. The molecule has 3 fully saturated rings. The highest BCUT2D eigenvalue weighted by Gasteiger charge is 2.49. The summed E-state index contributed by atoms with van der Waals surface area (Å²) in [5, 5.41) is 22.8. The van der Waals surface area contributed by atoms with Crippen LogP contribution in [-0.4, -0.2) is 53.1 Å². The van der Waals surface area contributed by atoms with Crippen molar-refractivity contribution in [3.8, 4) is 0 Å². The molecule has 0 aliphatic carbocycles. The Hall–Kier alpha value is -3.05. The molecule has 32 heavy (non-hydrogen) atoms. The van der Waals surface area contributed by atoms with Crippen molar-refractivity contribution in [2.75, 3.05) is 18.4 Å². The molecule has 4 N–H and O–H groups in total. The van der Waals surface area contributed by atoms with Gasteiger partial charge in [-0.25, -0.2) is 0 Å². The number of non-ortho nitro benzene ring substituents is 1. The molecule has 0 radical (unpaired) electrons. The molecule has 1 aromatic carbocycles. The first kappa shape index (κ1) is 22.2. The van der Waals surface area contributed by atoms with Gasteiger partial charge < -0.3 is 16.0 Å². The van der Waals surface area contributed by atoms with Crippen molar-refractivity contribution in [2.24, 2.45) is 17.8 Å². The van der Waals surface area contributed by atoms with Crippen LogP contribution in [0, 0.1) is 34.8 Å². The number of nitrogens with zero attached hydrogens (tertiary/aromatic N) is 2. The van der Waals surface area contributed by atoms with E-state index >= 15 is 0 Å². The van der Waals surface area contributed by atoms with E-state index in [0.29, 0.717) is 17.2 Å². The summed E-state index contributed by atoms with van der Waals surface area (Å²) < 4.78 is 0. The van der Waals surface area contributed by atoms with E-state index in [0.717, 1.165) is 25.9 Å². The van der Waals surface area contributed by atoms with Crippen molar-refractivity contribution >= 4 is 29.1 Å². The van der Waals surface area contributed by atoms with Crippen LogP contribution in [0.15, 0.2) is 18.2 Å². The molecule has 3 saturated heterocycles. The minimum absolute atomic E-state index is 0.0773. The molecule has 4 rings (SSSR count). The highest BCUT2D eigenvalue weighted by atomic mass is 16.6. The number of piperidine rings is 2. The third kappa shape index (κ3) is 4.44. The van der Waals surface area contributed by atoms with E-state index in [2.05, 4.69) is 33.1 Å². The van der Waals surface area contributed by atoms with Gasteiger partial charge in [0.25, 0.3) is 5.69 Å². The number of fused-ring (bicyclic) bond motifs is 1. The maximum Gasteiger partial charge on any atom is 0.269 e. The van der Waals surface area contributed by atoms with Gasteiger partial charge >= 0.3 is 0 Å². The second-order valence-corrected chi connectivity index (χ2v) is 8.95. The first-order chi connectivity index (χ1) is 15.2. The number of anilines is 1. The zero-order chi connectivity index (χ0) is 23.0. The number of nitrogens with one attached hydrogen (secondary N) is 4. The van der Waals surface area contributed by atoms with E-state index in [4.69, 9.17) is 0 Å². The van der Waals surface area contributed by atoms with Crippen LogP contribution in [-0.2, 0) is 14.4 Å². The lowest BCUT2D eigenvalue weighted by Crippen LogP contribution is -2.74. The molecule has 3 aliphatic rings. The molecule has 172 valence electrons. The van der Waals surface area contributed by atoms with Gasteiger partial charge in [-0.2, -0.15) is 0 Å². The van der Waals surface area contributed by atoms with Crippen molar-refractivity contribution < 1.29 is 19.3 Å². The number of carbonyl (C=O) groups is 3. The summed E-state index contributed by atoms with van der Waals surface area (Å²) in [4.78, 5) is 51.1. The van der Waals surface area contributed by atoms with Crippen LogP contribution in [0.4, 0.5) is 11.4 Å². The van der Waals surface area contributed by atoms with Crippen molar-refractivity contribution in [1.29, 1.82) is 0 Å². The van der Waals surface area contributed by atoms with Gasteiger partial charge in [-0.3, -0.25) is 34.7 Å². The number of carbonyl (C=O) groups excluding carboxylic acids is 3. The van der Waals surface area contributed by atoms with Crippen molar-refractivity contribution in [3.05, 3.63) is 33.9 Å². The van der Waals surface area contributed by atoms with Gasteiger partial charge in [0.05, 0.1) is 22.9 Å². The van der Waals surface area contributed by atoms with Crippen LogP contribution in [0.1, 0.15) is 31.7 Å². The van der Waals surface area contributed by atoms with E-state index < -0.39 is 35.1 Å². The molecule has 11 heteroatoms. The lowest BCUT2D eigenvalue weighted by molar-refractivity contribution is -0.384. The number of nitro groups is 1. The van der Waals surface area contributed by atoms with Gasteiger partial charge in [0.2, 0.25) is 17.7 Å². The molecule has 0 aromatic heterocycles. The Morgan fingerprint density at radius 1 is 1.28 bits per heavy atom. The molecule has 3 aliphatic heterocycles. The van der Waals surface area contributed by atoms with Gasteiger partial charge in [0.15, 0.2) is 0 Å². The minimum Gasteiger partial charge on any atom is -0.340 e. The van der Waals surface area contributed by atoms with Crippen molar-refractivity contribution in [2.45, 2.75) is 45.6 Å². The van der Waals surface area contributed by atoms with Gasteiger partial charge in [-0.05, 0) is 37.3 Å². The third-order valence-corrected chi connectivity index (χ3v) is 6.50. The summed E-state index contributed by atoms with van der Waals surface area (Å²) in [5.41, 5.74) is 0.855. The molecule has 0 bridgehead atoms. The molecule has 1 aromatic rings. The maximum absolute atomic E-state index is 13.1. The molecule has 0 spiro atoms. The smallest absolute Gasteiger partial charge is 0.269 e. The van der Waals surface area contributed by atoms with Gasteiger partial charge in [-0.15, -0.1) is 0 Å². The Morgan fingerprint density at radius 3 is 2.75 bits per heavy atom. The predicted molar refractivity (Wildman–Crippen MR) is 115 cm³/mol. The SMILES string of the molecule is Cc1cc([N+](=O)[O-])ccc1NC(=O)C1CC(=O)NC2NC(N3CCCC(C)C3)NC(=O)C21. The summed E-state index contributed by atoms with van der Waals surface area (Å²) in [6.45, 7) is 5.50. The molecule has 5 unspecified atom stereocenters. The van der Waals surface area contributed by atoms with Gasteiger partial charge in [0.1, 0.15) is 6.29 Å². The number of aryl methyl sites for hydroxylation is 1. The van der Waals surface area contributed by atoms with E-state index in [9.17, 15) is 24.5 Å². The van der Waals surface area contributed by atoms with E-state index in [1.165, 1.54) is 18.2 Å². The summed E-state index contributed by atoms with van der Waals surface area (Å²) in [5.74, 6) is -2.16. The van der Waals surface area contributed by atoms with E-state index in [1.54, 1.807) is 6.92 Å². The Bertz CT molecular complexity index is 953. The van der Waals surface area contributed by atoms with Crippen LogP contribution in [0.3, 0.4) is 0 Å². The fraction of sp³-hybridized carbons (Fsp3) is 0.571. The highest BCUT2D eigenvalue weighted by Crippen LogP contribution is 2.30. The van der Waals surface area contributed by atoms with E-state index in [-0.39, 0.29) is 23.9 Å². The second-order valence-electron chi connectivity index (χ2n) is 8.95. The standard InChI is InChI=1S/C21H28N6O5/c1-11-4-3-7-26(10-11)21-24-18-17(20(30)25-21)14(9-16(28)23-18)19(29)22-15-6-5-13(27(31)32)8-12(15)2/h5-6,8,11,14,17-18,21,24H,3-4,7,9-10H2,1-2H3,(H,22,29)(H,23,28)(H,25,30). The number of hydrogen-bond acceptors (Lipinski definition) is 7. The number of rotatable bonds is 4. The molecule has 11 nitrogen and oxygen atoms in total. The van der Waals surface area contributed by atoms with E-state index in [1.807, 2.05) is 0 Å². The highest BCUT2D eigenvalue weighted by molar-refractivity contribution is 6.00.